The SMILES string of the molecule is CCOc1ccc(Nc2cc(C(=O)OC)nc(Nc3ccc(OCC)cc3)n2)cc1.COC(=O)c1cc(Cl)nc(Cl)n1. The largest absolute Gasteiger partial charge is 0.494 e. The van der Waals surface area contributed by atoms with E-state index in [-0.39, 0.29) is 27.8 Å². The Morgan fingerprint density at radius 1 is 0.690 bits per heavy atom. The number of hydrogen-bond acceptors (Lipinski definition) is 12. The maximum atomic E-state index is 12.1. The van der Waals surface area contributed by atoms with Crippen LogP contribution in [0.15, 0.2) is 60.7 Å². The van der Waals surface area contributed by atoms with Gasteiger partial charge in [-0.3, -0.25) is 0 Å². The van der Waals surface area contributed by atoms with Gasteiger partial charge in [-0.15, -0.1) is 0 Å². The number of halogens is 2. The van der Waals surface area contributed by atoms with Crippen LogP contribution in [0.3, 0.4) is 0 Å². The molecular formula is C28H28Cl2N6O6. The fourth-order valence-electron chi connectivity index (χ4n) is 3.25. The topological polar surface area (TPSA) is 147 Å². The number of esters is 2. The average molecular weight is 615 g/mol. The van der Waals surface area contributed by atoms with Crippen LogP contribution in [0, 0.1) is 0 Å². The molecule has 4 rings (SSSR count). The zero-order chi connectivity index (χ0) is 30.5. The molecule has 0 amide bonds. The number of ether oxygens (including phenoxy) is 4. The standard InChI is InChI=1S/C22H24N4O4.C6H4Cl2N2O2/c1-4-29-17-10-6-15(7-11-17)23-20-14-19(21(27)28-3)25-22(26-20)24-16-8-12-18(13-9-16)30-5-2;1-12-5(11)3-2-4(7)10-6(8)9-3/h6-14H,4-5H2,1-3H3,(H2,23,24,25,26);2H,1H3. The number of nitrogens with one attached hydrogen (secondary N) is 2. The maximum absolute atomic E-state index is 12.1. The number of nitrogens with zero attached hydrogens (tertiary/aromatic N) is 4. The van der Waals surface area contributed by atoms with E-state index < -0.39 is 11.9 Å². The summed E-state index contributed by atoms with van der Waals surface area (Å²) in [5.41, 5.74) is 1.73. The van der Waals surface area contributed by atoms with Crippen molar-refractivity contribution in [2.24, 2.45) is 0 Å². The fraction of sp³-hybridized carbons (Fsp3) is 0.214. The van der Waals surface area contributed by atoms with E-state index in [0.29, 0.717) is 19.0 Å². The minimum atomic E-state index is -0.596. The van der Waals surface area contributed by atoms with E-state index in [1.165, 1.54) is 26.4 Å². The molecule has 0 unspecified atom stereocenters. The summed E-state index contributed by atoms with van der Waals surface area (Å²) >= 11 is 10.9. The number of hydrogen-bond donors (Lipinski definition) is 2. The Balaban J connectivity index is 0.000000337. The van der Waals surface area contributed by atoms with Crippen molar-refractivity contribution in [2.75, 3.05) is 38.1 Å². The van der Waals surface area contributed by atoms with Gasteiger partial charge in [-0.25, -0.2) is 24.5 Å². The van der Waals surface area contributed by atoms with Gasteiger partial charge in [0.15, 0.2) is 11.4 Å². The van der Waals surface area contributed by atoms with Gasteiger partial charge in [0, 0.05) is 23.5 Å². The van der Waals surface area contributed by atoms with E-state index in [1.54, 1.807) is 0 Å². The highest BCUT2D eigenvalue weighted by atomic mass is 35.5. The second-order valence-corrected chi connectivity index (χ2v) is 8.68. The molecule has 0 aliphatic rings. The van der Waals surface area contributed by atoms with Crippen molar-refractivity contribution in [1.29, 1.82) is 0 Å². The monoisotopic (exact) mass is 614 g/mol. The molecule has 0 saturated heterocycles. The summed E-state index contributed by atoms with van der Waals surface area (Å²) < 4.78 is 20.1. The molecule has 14 heteroatoms. The number of rotatable bonds is 10. The zero-order valence-electron chi connectivity index (χ0n) is 23.2. The van der Waals surface area contributed by atoms with Crippen LogP contribution in [0.5, 0.6) is 11.5 Å². The average Bonchev–Trinajstić information content (AvgIpc) is 2.98. The van der Waals surface area contributed by atoms with Crippen LogP contribution in [-0.4, -0.2) is 59.3 Å². The Hall–Kier alpha value is -4.68. The Morgan fingerprint density at radius 3 is 1.67 bits per heavy atom. The van der Waals surface area contributed by atoms with Crippen molar-refractivity contribution in [3.63, 3.8) is 0 Å². The molecule has 0 atom stereocenters. The van der Waals surface area contributed by atoms with Crippen molar-refractivity contribution in [2.45, 2.75) is 13.8 Å². The van der Waals surface area contributed by atoms with Crippen LogP contribution >= 0.6 is 23.2 Å². The first kappa shape index (κ1) is 31.8. The summed E-state index contributed by atoms with van der Waals surface area (Å²) in [6, 6.07) is 17.6. The Kier molecular flexibility index (Phi) is 12.1. The minimum Gasteiger partial charge on any atom is -0.494 e. The molecule has 0 saturated carbocycles. The second-order valence-electron chi connectivity index (χ2n) is 7.95. The van der Waals surface area contributed by atoms with Gasteiger partial charge in [-0.1, -0.05) is 11.6 Å². The summed E-state index contributed by atoms with van der Waals surface area (Å²) in [5, 5.41) is 6.30. The van der Waals surface area contributed by atoms with E-state index in [4.69, 9.17) is 37.4 Å². The third-order valence-corrected chi connectivity index (χ3v) is 5.40. The lowest BCUT2D eigenvalue weighted by atomic mass is 10.3. The van der Waals surface area contributed by atoms with Crippen LogP contribution < -0.4 is 20.1 Å². The minimum absolute atomic E-state index is 0.0440. The number of benzene rings is 2. The van der Waals surface area contributed by atoms with Crippen molar-refractivity contribution in [3.8, 4) is 11.5 Å². The molecule has 0 fully saturated rings. The van der Waals surface area contributed by atoms with E-state index in [0.717, 1.165) is 22.9 Å². The molecule has 2 heterocycles. The van der Waals surface area contributed by atoms with Gasteiger partial charge in [0.05, 0.1) is 27.4 Å². The molecule has 2 N–H and O–H groups in total. The first-order valence-electron chi connectivity index (χ1n) is 12.5. The zero-order valence-corrected chi connectivity index (χ0v) is 24.7. The van der Waals surface area contributed by atoms with Crippen molar-refractivity contribution in [1.82, 2.24) is 19.9 Å². The van der Waals surface area contributed by atoms with Crippen LogP contribution in [0.25, 0.3) is 0 Å². The van der Waals surface area contributed by atoms with Crippen molar-refractivity contribution in [3.05, 3.63) is 82.5 Å². The normalized spacial score (nSPS) is 10.0. The van der Waals surface area contributed by atoms with Gasteiger partial charge in [-0.2, -0.15) is 4.98 Å². The summed E-state index contributed by atoms with van der Waals surface area (Å²) in [6.07, 6.45) is 0. The van der Waals surface area contributed by atoms with Gasteiger partial charge >= 0.3 is 11.9 Å². The molecule has 42 heavy (non-hydrogen) atoms. The lowest BCUT2D eigenvalue weighted by Crippen LogP contribution is -2.09. The summed E-state index contributed by atoms with van der Waals surface area (Å²) in [5.74, 6) is 1.10. The Morgan fingerprint density at radius 2 is 1.19 bits per heavy atom. The van der Waals surface area contributed by atoms with Gasteiger partial charge < -0.3 is 29.6 Å². The number of anilines is 4. The molecule has 0 bridgehead atoms. The lowest BCUT2D eigenvalue weighted by Gasteiger charge is -2.12. The van der Waals surface area contributed by atoms with Crippen LogP contribution in [0.2, 0.25) is 10.4 Å². The summed E-state index contributed by atoms with van der Waals surface area (Å²) in [6.45, 7) is 5.05. The first-order chi connectivity index (χ1) is 20.2. The van der Waals surface area contributed by atoms with Gasteiger partial charge in [0.2, 0.25) is 11.2 Å². The molecule has 0 radical (unpaired) electrons. The van der Waals surface area contributed by atoms with Gasteiger partial charge in [0.25, 0.3) is 0 Å². The van der Waals surface area contributed by atoms with Gasteiger partial charge in [0.1, 0.15) is 22.5 Å². The van der Waals surface area contributed by atoms with E-state index in [9.17, 15) is 9.59 Å². The second kappa shape index (κ2) is 15.9. The highest BCUT2D eigenvalue weighted by Gasteiger charge is 2.13. The van der Waals surface area contributed by atoms with Crippen molar-refractivity contribution < 1.29 is 28.5 Å². The molecule has 0 aliphatic carbocycles. The number of carbonyl (C=O) groups excluding carboxylic acids is 2. The van der Waals surface area contributed by atoms with E-state index >= 15 is 0 Å². The Bertz CT molecular complexity index is 1400. The first-order valence-corrected chi connectivity index (χ1v) is 13.3. The summed E-state index contributed by atoms with van der Waals surface area (Å²) in [7, 11) is 2.55. The molecule has 12 nitrogen and oxygen atoms in total. The van der Waals surface area contributed by atoms with Crippen molar-refractivity contribution >= 4 is 58.3 Å². The number of methoxy groups -OCH3 is 2. The maximum Gasteiger partial charge on any atom is 0.356 e. The van der Waals surface area contributed by atoms with E-state index in [2.05, 4.69) is 35.3 Å². The lowest BCUT2D eigenvalue weighted by molar-refractivity contribution is 0.0585. The molecule has 2 aromatic carbocycles. The molecule has 0 spiro atoms. The van der Waals surface area contributed by atoms with Crippen LogP contribution in [0.1, 0.15) is 34.8 Å². The predicted molar refractivity (Wildman–Crippen MR) is 159 cm³/mol. The van der Waals surface area contributed by atoms with Crippen LogP contribution in [-0.2, 0) is 9.47 Å². The third kappa shape index (κ3) is 9.75. The molecule has 2 aromatic heterocycles. The Labute approximate surface area is 252 Å². The molecule has 4 aromatic rings. The number of aromatic nitrogens is 4. The highest BCUT2D eigenvalue weighted by Crippen LogP contribution is 2.23. The van der Waals surface area contributed by atoms with Crippen LogP contribution in [0.4, 0.5) is 23.1 Å². The third-order valence-electron chi connectivity index (χ3n) is 5.04. The predicted octanol–water partition coefficient (Wildman–Crippen LogP) is 6.12. The fourth-order valence-corrected chi connectivity index (χ4v) is 3.66. The van der Waals surface area contributed by atoms with Gasteiger partial charge in [-0.05, 0) is 74.0 Å². The highest BCUT2D eigenvalue weighted by molar-refractivity contribution is 6.32. The number of carbonyl (C=O) groups is 2. The molecule has 220 valence electrons. The molecule has 0 aliphatic heterocycles. The van der Waals surface area contributed by atoms with E-state index in [1.807, 2.05) is 62.4 Å². The summed E-state index contributed by atoms with van der Waals surface area (Å²) in [4.78, 5) is 38.8. The smallest absolute Gasteiger partial charge is 0.356 e. The molecular weight excluding hydrogens is 587 g/mol. The quantitative estimate of drug-likeness (QED) is 0.120.